The molecule has 0 saturated heterocycles. The van der Waals surface area contributed by atoms with E-state index in [0.29, 0.717) is 28.2 Å². The van der Waals surface area contributed by atoms with Crippen LogP contribution in [0, 0.1) is 5.92 Å². The number of amides is 1. The van der Waals surface area contributed by atoms with E-state index in [1.807, 2.05) is 19.1 Å². The fourth-order valence-electron chi connectivity index (χ4n) is 1.76. The SMILES string of the molecule is CC[C@@H](Oc1ccccc1Cl)C(=O)Nc1nnc(SCC(C)C)s1. The monoisotopic (exact) mass is 385 g/mol. The molecule has 0 aliphatic rings. The molecular formula is C16H20ClN3O2S2. The molecule has 1 aromatic heterocycles. The maximum absolute atomic E-state index is 12.4. The molecule has 1 N–H and O–H groups in total. The van der Waals surface area contributed by atoms with Gasteiger partial charge in [0.05, 0.1) is 5.02 Å². The number of rotatable bonds is 8. The van der Waals surface area contributed by atoms with Gasteiger partial charge in [-0.05, 0) is 24.5 Å². The number of aromatic nitrogens is 2. The molecule has 24 heavy (non-hydrogen) atoms. The summed E-state index contributed by atoms with van der Waals surface area (Å²) in [5.41, 5.74) is 0. The zero-order chi connectivity index (χ0) is 17.5. The van der Waals surface area contributed by atoms with Gasteiger partial charge in [-0.25, -0.2) is 0 Å². The van der Waals surface area contributed by atoms with E-state index < -0.39 is 6.10 Å². The number of nitrogens with zero attached hydrogens (tertiary/aromatic N) is 2. The first kappa shape index (κ1) is 19.0. The fourth-order valence-corrected chi connectivity index (χ4v) is 3.67. The Morgan fingerprint density at radius 3 is 2.79 bits per heavy atom. The molecule has 0 unspecified atom stereocenters. The van der Waals surface area contributed by atoms with Crippen LogP contribution in [0.2, 0.25) is 5.02 Å². The van der Waals surface area contributed by atoms with Crippen LogP contribution in [0.25, 0.3) is 0 Å². The summed E-state index contributed by atoms with van der Waals surface area (Å²) in [6, 6.07) is 7.09. The van der Waals surface area contributed by atoms with Gasteiger partial charge in [0.15, 0.2) is 10.4 Å². The van der Waals surface area contributed by atoms with E-state index in [1.165, 1.54) is 11.3 Å². The number of carbonyl (C=O) groups is 1. The Kier molecular flexibility index (Phi) is 7.33. The predicted molar refractivity (Wildman–Crippen MR) is 100 cm³/mol. The van der Waals surface area contributed by atoms with Gasteiger partial charge in [-0.2, -0.15) is 0 Å². The van der Waals surface area contributed by atoms with Gasteiger partial charge >= 0.3 is 0 Å². The molecule has 2 rings (SSSR count). The Balaban J connectivity index is 1.95. The number of thioether (sulfide) groups is 1. The molecule has 1 heterocycles. The van der Waals surface area contributed by atoms with Crippen molar-refractivity contribution < 1.29 is 9.53 Å². The highest BCUT2D eigenvalue weighted by atomic mass is 35.5. The molecule has 1 amide bonds. The zero-order valence-corrected chi connectivity index (χ0v) is 16.2. The maximum Gasteiger partial charge on any atom is 0.267 e. The average Bonchev–Trinajstić information content (AvgIpc) is 2.99. The molecule has 0 radical (unpaired) electrons. The second kappa shape index (κ2) is 9.25. The zero-order valence-electron chi connectivity index (χ0n) is 13.8. The quantitative estimate of drug-likeness (QED) is 0.525. The third-order valence-electron chi connectivity index (χ3n) is 2.95. The van der Waals surface area contributed by atoms with Crippen molar-refractivity contribution >= 4 is 45.7 Å². The van der Waals surface area contributed by atoms with Gasteiger partial charge in [-0.1, -0.05) is 67.6 Å². The molecule has 0 spiro atoms. The van der Waals surface area contributed by atoms with Crippen LogP contribution in [-0.4, -0.2) is 28.0 Å². The van der Waals surface area contributed by atoms with Gasteiger partial charge in [0, 0.05) is 5.75 Å². The molecule has 0 aliphatic carbocycles. The van der Waals surface area contributed by atoms with Crippen molar-refractivity contribution in [2.24, 2.45) is 5.92 Å². The van der Waals surface area contributed by atoms with Crippen molar-refractivity contribution in [3.63, 3.8) is 0 Å². The number of ether oxygens (including phenoxy) is 1. The van der Waals surface area contributed by atoms with E-state index in [0.717, 1.165) is 10.1 Å². The van der Waals surface area contributed by atoms with Crippen LogP contribution < -0.4 is 10.1 Å². The minimum absolute atomic E-state index is 0.256. The predicted octanol–water partition coefficient (Wildman–Crippen LogP) is 4.74. The number of halogens is 1. The van der Waals surface area contributed by atoms with E-state index in [4.69, 9.17) is 16.3 Å². The van der Waals surface area contributed by atoms with Crippen molar-refractivity contribution in [2.45, 2.75) is 37.6 Å². The number of anilines is 1. The number of nitrogens with one attached hydrogen (secondary N) is 1. The van der Waals surface area contributed by atoms with Crippen molar-refractivity contribution in [3.05, 3.63) is 29.3 Å². The largest absolute Gasteiger partial charge is 0.479 e. The standard InChI is InChI=1S/C16H20ClN3O2S2/c1-4-12(22-13-8-6-5-7-11(13)17)14(21)18-15-19-20-16(24-15)23-9-10(2)3/h5-8,10,12H,4,9H2,1-3H3,(H,18,19,21)/t12-/m1/s1. The summed E-state index contributed by atoms with van der Waals surface area (Å²) >= 11 is 9.08. The lowest BCUT2D eigenvalue weighted by Crippen LogP contribution is -2.32. The summed E-state index contributed by atoms with van der Waals surface area (Å²) in [5.74, 6) is 1.78. The molecule has 0 bridgehead atoms. The minimum Gasteiger partial charge on any atom is -0.479 e. The van der Waals surface area contributed by atoms with Gasteiger partial charge in [-0.15, -0.1) is 10.2 Å². The second-order valence-corrected chi connectivity index (χ2v) is 8.16. The molecule has 5 nitrogen and oxygen atoms in total. The maximum atomic E-state index is 12.4. The van der Waals surface area contributed by atoms with E-state index >= 15 is 0 Å². The number of hydrogen-bond donors (Lipinski definition) is 1. The van der Waals surface area contributed by atoms with Crippen LogP contribution >= 0.6 is 34.7 Å². The molecule has 8 heteroatoms. The van der Waals surface area contributed by atoms with Crippen molar-refractivity contribution in [2.75, 3.05) is 11.1 Å². The highest BCUT2D eigenvalue weighted by Gasteiger charge is 2.21. The molecule has 1 atom stereocenters. The molecule has 0 saturated carbocycles. The third kappa shape index (κ3) is 5.65. The first-order valence-corrected chi connectivity index (χ1v) is 9.86. The van der Waals surface area contributed by atoms with Gasteiger partial charge < -0.3 is 4.74 Å². The number of hydrogen-bond acceptors (Lipinski definition) is 6. The van der Waals surface area contributed by atoms with Crippen molar-refractivity contribution in [3.8, 4) is 5.75 Å². The Morgan fingerprint density at radius 2 is 2.12 bits per heavy atom. The summed E-state index contributed by atoms with van der Waals surface area (Å²) in [5, 5.41) is 11.8. The summed E-state index contributed by atoms with van der Waals surface area (Å²) < 4.78 is 6.57. The molecule has 1 aromatic carbocycles. The van der Waals surface area contributed by atoms with E-state index in [1.54, 1.807) is 23.9 Å². The van der Waals surface area contributed by atoms with Crippen molar-refractivity contribution in [1.29, 1.82) is 0 Å². The lowest BCUT2D eigenvalue weighted by atomic mass is 10.2. The average molecular weight is 386 g/mol. The fraction of sp³-hybridized carbons (Fsp3) is 0.438. The van der Waals surface area contributed by atoms with Gasteiger partial charge in [0.25, 0.3) is 5.91 Å². The number of carbonyl (C=O) groups excluding carboxylic acids is 1. The first-order chi connectivity index (χ1) is 11.5. The highest BCUT2D eigenvalue weighted by Crippen LogP contribution is 2.28. The lowest BCUT2D eigenvalue weighted by Gasteiger charge is -2.17. The van der Waals surface area contributed by atoms with E-state index in [9.17, 15) is 4.79 Å². The molecular weight excluding hydrogens is 366 g/mol. The highest BCUT2D eigenvalue weighted by molar-refractivity contribution is 8.01. The summed E-state index contributed by atoms with van der Waals surface area (Å²) in [4.78, 5) is 12.4. The van der Waals surface area contributed by atoms with Crippen LogP contribution in [0.5, 0.6) is 5.75 Å². The van der Waals surface area contributed by atoms with E-state index in [-0.39, 0.29) is 5.91 Å². The Morgan fingerprint density at radius 1 is 1.38 bits per heavy atom. The van der Waals surface area contributed by atoms with Crippen LogP contribution in [0.1, 0.15) is 27.2 Å². The summed E-state index contributed by atoms with van der Waals surface area (Å²) in [6.45, 7) is 6.17. The molecule has 0 aliphatic heterocycles. The Hall–Kier alpha value is -1.31. The summed E-state index contributed by atoms with van der Waals surface area (Å²) in [6.07, 6.45) is -0.120. The Bertz CT molecular complexity index is 679. The first-order valence-electron chi connectivity index (χ1n) is 7.68. The topological polar surface area (TPSA) is 64.1 Å². The van der Waals surface area contributed by atoms with Gasteiger partial charge in [-0.3, -0.25) is 10.1 Å². The second-order valence-electron chi connectivity index (χ2n) is 5.51. The molecule has 130 valence electrons. The van der Waals surface area contributed by atoms with Crippen LogP contribution in [0.4, 0.5) is 5.13 Å². The van der Waals surface area contributed by atoms with E-state index in [2.05, 4.69) is 29.4 Å². The van der Waals surface area contributed by atoms with Crippen LogP contribution in [0.15, 0.2) is 28.6 Å². The molecule has 2 aromatic rings. The van der Waals surface area contributed by atoms with Gasteiger partial charge in [0.2, 0.25) is 5.13 Å². The Labute approximate surface area is 155 Å². The third-order valence-corrected chi connectivity index (χ3v) is 5.66. The number of para-hydroxylation sites is 1. The van der Waals surface area contributed by atoms with Gasteiger partial charge in [0.1, 0.15) is 5.75 Å². The molecule has 0 fully saturated rings. The lowest BCUT2D eigenvalue weighted by molar-refractivity contribution is -0.122. The summed E-state index contributed by atoms with van der Waals surface area (Å²) in [7, 11) is 0. The van der Waals surface area contributed by atoms with Crippen LogP contribution in [0.3, 0.4) is 0 Å². The van der Waals surface area contributed by atoms with Crippen LogP contribution in [-0.2, 0) is 4.79 Å². The number of benzene rings is 1. The van der Waals surface area contributed by atoms with Crippen molar-refractivity contribution in [1.82, 2.24) is 10.2 Å². The minimum atomic E-state index is -0.638. The normalized spacial score (nSPS) is 12.2. The smallest absolute Gasteiger partial charge is 0.267 e.